The molecule has 0 amide bonds. The lowest BCUT2D eigenvalue weighted by Gasteiger charge is -2.16. The van der Waals surface area contributed by atoms with E-state index in [1.54, 1.807) is 6.92 Å². The van der Waals surface area contributed by atoms with Gasteiger partial charge in [-0.3, -0.25) is 0 Å². The van der Waals surface area contributed by atoms with E-state index in [0.29, 0.717) is 15.8 Å². The number of rotatable bonds is 1. The summed E-state index contributed by atoms with van der Waals surface area (Å²) in [6.45, 7) is 5.59. The monoisotopic (exact) mass is 286 g/mol. The average molecular weight is 286 g/mol. The maximum absolute atomic E-state index is 12.7. The number of hydrogen-bond donors (Lipinski definition) is 1. The Morgan fingerprint density at radius 3 is 2.42 bits per heavy atom. The topological polar surface area (TPSA) is 28.7 Å². The van der Waals surface area contributed by atoms with Crippen LogP contribution < -0.4 is 0 Å². The fraction of sp³-hybridized carbons (Fsp3) is 0.385. The fourth-order valence-electron chi connectivity index (χ4n) is 1.93. The zero-order chi connectivity index (χ0) is 14.4. The number of fused-ring (bicyclic) bond motifs is 1. The molecule has 2 heterocycles. The molecule has 0 saturated carbocycles. The molecule has 19 heavy (non-hydrogen) atoms. The number of halogens is 3. The van der Waals surface area contributed by atoms with Gasteiger partial charge in [-0.05, 0) is 36.1 Å². The predicted octanol–water partition coefficient (Wildman–Crippen LogP) is 4.69. The number of nitrogens with zero attached hydrogens (tertiary/aromatic N) is 1. The summed E-state index contributed by atoms with van der Waals surface area (Å²) in [5, 5.41) is 0. The van der Waals surface area contributed by atoms with Crippen LogP contribution in [-0.4, -0.2) is 9.97 Å². The Kier molecular flexibility index (Phi) is 3.38. The Hall–Kier alpha value is -1.43. The van der Waals surface area contributed by atoms with Crippen LogP contribution in [0.1, 0.15) is 36.6 Å². The molecule has 1 N–H and O–H groups in total. The lowest BCUT2D eigenvalue weighted by Crippen LogP contribution is -2.11. The van der Waals surface area contributed by atoms with Gasteiger partial charge in [-0.25, -0.2) is 4.98 Å². The van der Waals surface area contributed by atoms with Crippen molar-refractivity contribution in [2.75, 3.05) is 0 Å². The fourth-order valence-corrected chi connectivity index (χ4v) is 2.32. The van der Waals surface area contributed by atoms with E-state index >= 15 is 0 Å². The van der Waals surface area contributed by atoms with Crippen LogP contribution in [0.15, 0.2) is 12.1 Å². The van der Waals surface area contributed by atoms with Gasteiger partial charge in [-0.1, -0.05) is 26.1 Å². The molecule has 0 bridgehead atoms. The van der Waals surface area contributed by atoms with Crippen LogP contribution in [0.25, 0.3) is 11.4 Å². The lowest BCUT2D eigenvalue weighted by atomic mass is 9.99. The van der Waals surface area contributed by atoms with Crippen LogP contribution in [-0.2, 0) is 6.18 Å². The maximum Gasteiger partial charge on any atom is 0.431 e. The van der Waals surface area contributed by atoms with Crippen molar-refractivity contribution in [2.24, 2.45) is 0 Å². The Morgan fingerprint density at radius 1 is 1.26 bits per heavy atom. The van der Waals surface area contributed by atoms with Gasteiger partial charge in [0.1, 0.15) is 16.2 Å². The normalized spacial score (nSPS) is 12.4. The van der Waals surface area contributed by atoms with E-state index in [1.165, 1.54) is 0 Å². The minimum absolute atomic E-state index is 0.182. The molecule has 0 saturated heterocycles. The summed E-state index contributed by atoms with van der Waals surface area (Å²) >= 11 is 5.12. The summed E-state index contributed by atoms with van der Waals surface area (Å²) in [6, 6.07) is 2.92. The third-order valence-corrected chi connectivity index (χ3v) is 3.31. The number of aromatic nitrogens is 2. The van der Waals surface area contributed by atoms with Gasteiger partial charge in [0.25, 0.3) is 0 Å². The molecule has 6 heteroatoms. The van der Waals surface area contributed by atoms with Crippen LogP contribution in [0.3, 0.4) is 0 Å². The second kappa shape index (κ2) is 4.59. The Bertz CT molecular complexity index is 644. The summed E-state index contributed by atoms with van der Waals surface area (Å²) in [6.07, 6.45) is -4.42. The highest BCUT2D eigenvalue weighted by molar-refractivity contribution is 7.71. The van der Waals surface area contributed by atoms with Crippen molar-refractivity contribution in [1.82, 2.24) is 9.97 Å². The van der Waals surface area contributed by atoms with Gasteiger partial charge in [0.15, 0.2) is 0 Å². The Morgan fingerprint density at radius 2 is 1.89 bits per heavy atom. The number of alkyl halides is 3. The van der Waals surface area contributed by atoms with Gasteiger partial charge in [0, 0.05) is 5.56 Å². The van der Waals surface area contributed by atoms with E-state index in [0.717, 1.165) is 11.6 Å². The maximum atomic E-state index is 12.7. The van der Waals surface area contributed by atoms with Crippen molar-refractivity contribution >= 4 is 12.2 Å². The molecular weight excluding hydrogens is 273 g/mol. The number of H-pyrrole nitrogens is 1. The highest BCUT2D eigenvalue weighted by atomic mass is 32.1. The standard InChI is InChI=1S/C13H13F3N2S/c1-6(2)8-5-9-7(3)4-10(13(14,15)16)17-11(9)18-12(8)19/h4-6H,1-3H3,(H,17,18,19). The predicted molar refractivity (Wildman–Crippen MR) is 69.9 cm³/mol. The first-order valence-electron chi connectivity index (χ1n) is 5.82. The van der Waals surface area contributed by atoms with Gasteiger partial charge >= 0.3 is 6.18 Å². The number of aromatic amines is 1. The molecule has 0 fully saturated rings. The molecule has 2 rings (SSSR count). The van der Waals surface area contributed by atoms with Crippen molar-refractivity contribution in [3.63, 3.8) is 0 Å². The van der Waals surface area contributed by atoms with E-state index < -0.39 is 11.9 Å². The number of pyridine rings is 2. The Balaban J connectivity index is 2.75. The molecule has 102 valence electrons. The summed E-state index contributed by atoms with van der Waals surface area (Å²) in [7, 11) is 0. The van der Waals surface area contributed by atoms with Crippen LogP contribution in [0.2, 0.25) is 0 Å². The second-order valence-electron chi connectivity index (χ2n) is 4.80. The van der Waals surface area contributed by atoms with Crippen LogP contribution >= 0.6 is 12.2 Å². The van der Waals surface area contributed by atoms with Crippen molar-refractivity contribution in [3.8, 4) is 11.4 Å². The van der Waals surface area contributed by atoms with Crippen molar-refractivity contribution < 1.29 is 13.2 Å². The molecule has 0 aromatic rings. The van der Waals surface area contributed by atoms with E-state index in [2.05, 4.69) is 9.97 Å². The molecule has 0 aliphatic carbocycles. The second-order valence-corrected chi connectivity index (χ2v) is 5.18. The molecule has 0 spiro atoms. The van der Waals surface area contributed by atoms with Crippen LogP contribution in [0.5, 0.6) is 0 Å². The first-order valence-corrected chi connectivity index (χ1v) is 6.22. The first-order chi connectivity index (χ1) is 8.70. The highest BCUT2D eigenvalue weighted by Crippen LogP contribution is 2.33. The summed E-state index contributed by atoms with van der Waals surface area (Å²) in [5.74, 6) is 0.368. The SMILES string of the molecule is Cc1cc(C(F)(F)F)[nH]c2nc(=S)c(C(C)C)cc1-2. The molecule has 2 aliphatic heterocycles. The molecule has 0 aromatic carbocycles. The molecule has 0 atom stereocenters. The van der Waals surface area contributed by atoms with Crippen molar-refractivity contribution in [2.45, 2.75) is 32.9 Å². The van der Waals surface area contributed by atoms with E-state index in [1.807, 2.05) is 19.9 Å². The van der Waals surface area contributed by atoms with E-state index in [9.17, 15) is 13.2 Å². The third-order valence-electron chi connectivity index (χ3n) is 2.98. The van der Waals surface area contributed by atoms with Gasteiger partial charge in [-0.15, -0.1) is 0 Å². The molecule has 0 aromatic heterocycles. The Labute approximate surface area is 114 Å². The molecular formula is C13H13F3N2S. The third kappa shape index (κ3) is 2.63. The molecule has 0 unspecified atom stereocenters. The van der Waals surface area contributed by atoms with Gasteiger partial charge in [-0.2, -0.15) is 13.2 Å². The molecule has 0 radical (unpaired) electrons. The van der Waals surface area contributed by atoms with Gasteiger partial charge in [0.05, 0.1) is 0 Å². The van der Waals surface area contributed by atoms with E-state index in [4.69, 9.17) is 12.2 Å². The zero-order valence-electron chi connectivity index (χ0n) is 10.7. The molecule has 2 nitrogen and oxygen atoms in total. The number of hydrogen-bond acceptors (Lipinski definition) is 2. The quantitative estimate of drug-likeness (QED) is 0.770. The zero-order valence-corrected chi connectivity index (χ0v) is 11.5. The first kappa shape index (κ1) is 14.0. The molecule has 2 aliphatic rings. The largest absolute Gasteiger partial charge is 0.431 e. The van der Waals surface area contributed by atoms with Crippen molar-refractivity contribution in [1.29, 1.82) is 0 Å². The van der Waals surface area contributed by atoms with Gasteiger partial charge in [0.2, 0.25) is 0 Å². The summed E-state index contributed by atoms with van der Waals surface area (Å²) in [4.78, 5) is 6.40. The van der Waals surface area contributed by atoms with Crippen LogP contribution in [0, 0.1) is 11.6 Å². The minimum Gasteiger partial charge on any atom is -0.336 e. The lowest BCUT2D eigenvalue weighted by molar-refractivity contribution is -0.141. The number of nitrogens with one attached hydrogen (secondary N) is 1. The van der Waals surface area contributed by atoms with Crippen molar-refractivity contribution in [3.05, 3.63) is 33.6 Å². The number of aryl methyl sites for hydroxylation is 1. The summed E-state index contributed by atoms with van der Waals surface area (Å²) < 4.78 is 38.5. The highest BCUT2D eigenvalue weighted by Gasteiger charge is 2.33. The van der Waals surface area contributed by atoms with Crippen LogP contribution in [0.4, 0.5) is 13.2 Å². The van der Waals surface area contributed by atoms with Gasteiger partial charge < -0.3 is 4.98 Å². The minimum atomic E-state index is -4.42. The smallest absolute Gasteiger partial charge is 0.336 e. The summed E-state index contributed by atoms with van der Waals surface area (Å²) in [5.41, 5.74) is 1.27. The average Bonchev–Trinajstić information content (AvgIpc) is 2.26. The van der Waals surface area contributed by atoms with E-state index in [-0.39, 0.29) is 11.7 Å².